The Hall–Kier alpha value is -2.41. The third-order valence-electron chi connectivity index (χ3n) is 5.07. The van der Waals surface area contributed by atoms with Crippen LogP contribution in [0.5, 0.6) is 0 Å². The number of benzene rings is 1. The maximum atomic E-state index is 13.0. The van der Waals surface area contributed by atoms with Crippen molar-refractivity contribution in [1.29, 1.82) is 0 Å². The average molecular weight is 359 g/mol. The largest absolute Gasteiger partial charge is 0.450 e. The van der Waals surface area contributed by atoms with Gasteiger partial charge in [0.1, 0.15) is 0 Å². The minimum atomic E-state index is -0.453. The van der Waals surface area contributed by atoms with Crippen LogP contribution in [0.4, 0.5) is 10.5 Å². The summed E-state index contributed by atoms with van der Waals surface area (Å²) in [6, 6.07) is 5.29. The number of amides is 3. The van der Waals surface area contributed by atoms with Gasteiger partial charge < -0.3 is 9.64 Å². The number of anilines is 1. The number of para-hydroxylation sites is 1. The Morgan fingerprint density at radius 2 is 1.73 bits per heavy atom. The molecular weight excluding hydrogens is 334 g/mol. The van der Waals surface area contributed by atoms with Crippen molar-refractivity contribution in [2.24, 2.45) is 0 Å². The fourth-order valence-corrected chi connectivity index (χ4v) is 3.73. The predicted octanol–water partition coefficient (Wildman–Crippen LogP) is 1.71. The van der Waals surface area contributed by atoms with Crippen LogP contribution in [-0.4, -0.2) is 66.5 Å². The number of nitrogens with zero attached hydrogens (tertiary/aromatic N) is 3. The number of ether oxygens (including phenoxy) is 1. The van der Waals surface area contributed by atoms with Crippen molar-refractivity contribution in [3.05, 3.63) is 29.3 Å². The van der Waals surface area contributed by atoms with Gasteiger partial charge in [0.15, 0.2) is 0 Å². The van der Waals surface area contributed by atoms with Crippen molar-refractivity contribution >= 4 is 23.6 Å². The molecule has 2 fully saturated rings. The molecule has 3 amide bonds. The molecule has 2 aliphatic rings. The molecular formula is C19H25N3O4. The summed E-state index contributed by atoms with van der Waals surface area (Å²) < 4.78 is 5.02. The predicted molar refractivity (Wildman–Crippen MR) is 97.0 cm³/mol. The molecule has 0 aliphatic carbocycles. The number of carbonyl (C=O) groups excluding carboxylic acids is 3. The van der Waals surface area contributed by atoms with Gasteiger partial charge in [0.2, 0.25) is 5.91 Å². The first kappa shape index (κ1) is 18.4. The zero-order valence-electron chi connectivity index (χ0n) is 15.5. The molecule has 2 aliphatic heterocycles. The molecule has 2 heterocycles. The fourth-order valence-electron chi connectivity index (χ4n) is 3.73. The Morgan fingerprint density at radius 3 is 2.31 bits per heavy atom. The Labute approximate surface area is 153 Å². The Kier molecular flexibility index (Phi) is 5.27. The van der Waals surface area contributed by atoms with E-state index in [2.05, 4.69) is 0 Å². The second-order valence-electron chi connectivity index (χ2n) is 6.75. The van der Waals surface area contributed by atoms with E-state index in [1.165, 1.54) is 4.90 Å². The number of carbonyl (C=O) groups is 3. The van der Waals surface area contributed by atoms with Crippen molar-refractivity contribution in [3.8, 4) is 0 Å². The average Bonchev–Trinajstić information content (AvgIpc) is 2.90. The molecule has 3 rings (SSSR count). The Bertz CT molecular complexity index is 705. The van der Waals surface area contributed by atoms with Gasteiger partial charge in [0, 0.05) is 26.2 Å². The zero-order valence-corrected chi connectivity index (χ0v) is 15.5. The highest BCUT2D eigenvalue weighted by Gasteiger charge is 2.44. The summed E-state index contributed by atoms with van der Waals surface area (Å²) in [4.78, 5) is 42.4. The number of hydrogen-bond acceptors (Lipinski definition) is 5. The molecule has 0 aromatic heterocycles. The molecule has 140 valence electrons. The van der Waals surface area contributed by atoms with Crippen molar-refractivity contribution in [2.75, 3.05) is 37.7 Å². The fraction of sp³-hybridized carbons (Fsp3) is 0.526. The monoisotopic (exact) mass is 359 g/mol. The molecule has 1 aromatic carbocycles. The number of hydrogen-bond donors (Lipinski definition) is 0. The highest BCUT2D eigenvalue weighted by atomic mass is 16.6. The zero-order chi connectivity index (χ0) is 18.8. The summed E-state index contributed by atoms with van der Waals surface area (Å²) in [7, 11) is 0. The summed E-state index contributed by atoms with van der Waals surface area (Å²) in [6.45, 7) is 8.06. The number of rotatable bonds is 3. The molecule has 7 heteroatoms. The van der Waals surface area contributed by atoms with E-state index >= 15 is 0 Å². The molecule has 0 radical (unpaired) electrons. The summed E-state index contributed by atoms with van der Waals surface area (Å²) in [6.07, 6.45) is -0.135. The quantitative estimate of drug-likeness (QED) is 0.769. The first-order chi connectivity index (χ1) is 12.4. The molecule has 0 saturated carbocycles. The van der Waals surface area contributed by atoms with Crippen LogP contribution >= 0.6 is 0 Å². The van der Waals surface area contributed by atoms with E-state index in [0.717, 1.165) is 11.1 Å². The van der Waals surface area contributed by atoms with Gasteiger partial charge in [-0.1, -0.05) is 18.2 Å². The highest BCUT2D eigenvalue weighted by Crippen LogP contribution is 2.31. The second-order valence-corrected chi connectivity index (χ2v) is 6.75. The lowest BCUT2D eigenvalue weighted by molar-refractivity contribution is -0.123. The van der Waals surface area contributed by atoms with Crippen LogP contribution in [0.3, 0.4) is 0 Å². The van der Waals surface area contributed by atoms with Crippen molar-refractivity contribution in [3.63, 3.8) is 0 Å². The van der Waals surface area contributed by atoms with E-state index in [-0.39, 0.29) is 24.3 Å². The van der Waals surface area contributed by atoms with Gasteiger partial charge in [0.25, 0.3) is 5.91 Å². The van der Waals surface area contributed by atoms with Crippen LogP contribution in [0.1, 0.15) is 24.5 Å². The Morgan fingerprint density at radius 1 is 1.12 bits per heavy atom. The lowest BCUT2D eigenvalue weighted by Gasteiger charge is -2.36. The molecule has 0 unspecified atom stereocenters. The maximum absolute atomic E-state index is 13.0. The molecule has 26 heavy (non-hydrogen) atoms. The van der Waals surface area contributed by atoms with Gasteiger partial charge in [-0.05, 0) is 31.9 Å². The van der Waals surface area contributed by atoms with Gasteiger partial charge in [0.05, 0.1) is 24.8 Å². The van der Waals surface area contributed by atoms with E-state index in [0.29, 0.717) is 38.5 Å². The van der Waals surface area contributed by atoms with Crippen molar-refractivity contribution in [2.45, 2.75) is 33.2 Å². The normalized spacial score (nSPS) is 21.4. The standard InChI is InChI=1S/C19H25N3O4/c1-4-26-19(25)21-10-8-20(9-11-21)15-12-16(23)22(18(15)24)17-13(2)6-5-7-14(17)3/h5-7,15H,4,8-12H2,1-3H3/t15-/m1/s1. The van der Waals surface area contributed by atoms with Crippen LogP contribution in [-0.2, 0) is 14.3 Å². The molecule has 1 atom stereocenters. The van der Waals surface area contributed by atoms with Gasteiger partial charge >= 0.3 is 6.09 Å². The molecule has 1 aromatic rings. The summed E-state index contributed by atoms with van der Waals surface area (Å²) >= 11 is 0. The molecule has 0 N–H and O–H groups in total. The van der Waals surface area contributed by atoms with Crippen LogP contribution in [0.15, 0.2) is 18.2 Å². The SMILES string of the molecule is CCOC(=O)N1CCN([C@@H]2CC(=O)N(c3c(C)cccc3C)C2=O)CC1. The summed E-state index contributed by atoms with van der Waals surface area (Å²) in [5.41, 5.74) is 2.54. The summed E-state index contributed by atoms with van der Waals surface area (Å²) in [5.74, 6) is -0.331. The molecule has 2 saturated heterocycles. The first-order valence-electron chi connectivity index (χ1n) is 9.02. The van der Waals surface area contributed by atoms with Gasteiger partial charge in [-0.25, -0.2) is 9.69 Å². The highest BCUT2D eigenvalue weighted by molar-refractivity contribution is 6.23. The van der Waals surface area contributed by atoms with E-state index in [9.17, 15) is 14.4 Å². The lowest BCUT2D eigenvalue weighted by atomic mass is 10.1. The van der Waals surface area contributed by atoms with Gasteiger partial charge in [-0.2, -0.15) is 0 Å². The maximum Gasteiger partial charge on any atom is 0.409 e. The van der Waals surface area contributed by atoms with E-state index < -0.39 is 6.04 Å². The number of piperazine rings is 1. The third kappa shape index (κ3) is 3.31. The van der Waals surface area contributed by atoms with Crippen LogP contribution in [0, 0.1) is 13.8 Å². The lowest BCUT2D eigenvalue weighted by Crippen LogP contribution is -2.54. The third-order valence-corrected chi connectivity index (χ3v) is 5.07. The van der Waals surface area contributed by atoms with Gasteiger partial charge in [-0.15, -0.1) is 0 Å². The molecule has 0 spiro atoms. The second kappa shape index (κ2) is 7.45. The molecule has 0 bridgehead atoms. The smallest absolute Gasteiger partial charge is 0.409 e. The molecule has 7 nitrogen and oxygen atoms in total. The number of imide groups is 1. The van der Waals surface area contributed by atoms with E-state index in [1.807, 2.05) is 36.9 Å². The minimum absolute atomic E-state index is 0.162. The topological polar surface area (TPSA) is 70.2 Å². The number of aryl methyl sites for hydroxylation is 2. The summed E-state index contributed by atoms with van der Waals surface area (Å²) in [5, 5.41) is 0. The van der Waals surface area contributed by atoms with Crippen molar-refractivity contribution in [1.82, 2.24) is 9.80 Å². The van der Waals surface area contributed by atoms with Gasteiger partial charge in [-0.3, -0.25) is 14.5 Å². The minimum Gasteiger partial charge on any atom is -0.450 e. The Balaban J connectivity index is 1.71. The first-order valence-corrected chi connectivity index (χ1v) is 9.02. The van der Waals surface area contributed by atoms with E-state index in [1.54, 1.807) is 11.8 Å². The van der Waals surface area contributed by atoms with Crippen LogP contribution in [0.2, 0.25) is 0 Å². The van der Waals surface area contributed by atoms with Crippen molar-refractivity contribution < 1.29 is 19.1 Å². The van der Waals surface area contributed by atoms with E-state index in [4.69, 9.17) is 4.74 Å². The van der Waals surface area contributed by atoms with Crippen LogP contribution < -0.4 is 4.90 Å². The van der Waals surface area contributed by atoms with Crippen LogP contribution in [0.25, 0.3) is 0 Å².